The summed E-state index contributed by atoms with van der Waals surface area (Å²) in [5, 5.41) is 3.23. The fourth-order valence-electron chi connectivity index (χ4n) is 3.44. The zero-order chi connectivity index (χ0) is 19.8. The molecule has 3 aromatic carbocycles. The van der Waals surface area contributed by atoms with Gasteiger partial charge in [0.2, 0.25) is 5.91 Å². The van der Waals surface area contributed by atoms with Crippen molar-refractivity contribution in [2.24, 2.45) is 0 Å². The molecule has 1 aliphatic rings. The van der Waals surface area contributed by atoms with E-state index in [1.165, 1.54) is 11.8 Å². The number of rotatable bonds is 3. The van der Waals surface area contributed by atoms with E-state index in [0.717, 1.165) is 5.69 Å². The van der Waals surface area contributed by atoms with Crippen molar-refractivity contribution < 1.29 is 14.4 Å². The third-order valence-electron chi connectivity index (χ3n) is 4.94. The number of amides is 1. The third-order valence-corrected chi connectivity index (χ3v) is 4.94. The summed E-state index contributed by atoms with van der Waals surface area (Å²) in [5.41, 5.74) is 3.04. The summed E-state index contributed by atoms with van der Waals surface area (Å²) in [7, 11) is 1.60. The minimum Gasteiger partial charge on any atom is -0.355 e. The standard InChI is InChI=1S/C23H18N2O3/c1-14(26)25(2)19-13-12-18(24-15-8-4-3-5-9-15)20-21(19)23(28)17-11-7-6-10-16(17)22(20)27/h3-13,24H,1-2H3. The average molecular weight is 370 g/mol. The van der Waals surface area contributed by atoms with Gasteiger partial charge in [-0.15, -0.1) is 0 Å². The van der Waals surface area contributed by atoms with Crippen LogP contribution in [0.4, 0.5) is 17.1 Å². The normalized spacial score (nSPS) is 12.2. The van der Waals surface area contributed by atoms with Crippen molar-refractivity contribution >= 4 is 34.5 Å². The Morgan fingerprint density at radius 2 is 1.36 bits per heavy atom. The number of hydrogen-bond donors (Lipinski definition) is 1. The lowest BCUT2D eigenvalue weighted by Crippen LogP contribution is -2.29. The second kappa shape index (κ2) is 6.78. The summed E-state index contributed by atoms with van der Waals surface area (Å²) in [6.07, 6.45) is 0. The molecule has 3 aromatic rings. The van der Waals surface area contributed by atoms with Crippen molar-refractivity contribution in [1.29, 1.82) is 0 Å². The number of nitrogens with one attached hydrogen (secondary N) is 1. The minimum absolute atomic E-state index is 0.218. The fraction of sp³-hybridized carbons (Fsp3) is 0.0870. The third kappa shape index (κ3) is 2.77. The van der Waals surface area contributed by atoms with Gasteiger partial charge in [0.15, 0.2) is 11.6 Å². The largest absolute Gasteiger partial charge is 0.355 e. The first-order valence-corrected chi connectivity index (χ1v) is 8.91. The van der Waals surface area contributed by atoms with E-state index in [-0.39, 0.29) is 28.6 Å². The molecule has 1 amide bonds. The predicted octanol–water partition coefficient (Wildman–Crippen LogP) is 4.19. The first-order valence-electron chi connectivity index (χ1n) is 8.91. The van der Waals surface area contributed by atoms with Gasteiger partial charge in [0.05, 0.1) is 22.5 Å². The molecule has 138 valence electrons. The Kier molecular flexibility index (Phi) is 4.28. The summed E-state index contributed by atoms with van der Waals surface area (Å²) in [6.45, 7) is 1.42. The smallest absolute Gasteiger partial charge is 0.223 e. The number of carbonyl (C=O) groups is 3. The zero-order valence-corrected chi connectivity index (χ0v) is 15.5. The maximum absolute atomic E-state index is 13.3. The number of hydrogen-bond acceptors (Lipinski definition) is 4. The van der Waals surface area contributed by atoms with Gasteiger partial charge in [0.1, 0.15) is 0 Å². The Labute approximate surface area is 162 Å². The summed E-state index contributed by atoms with van der Waals surface area (Å²) >= 11 is 0. The van der Waals surface area contributed by atoms with Crippen LogP contribution in [0.3, 0.4) is 0 Å². The Morgan fingerprint density at radius 1 is 0.786 bits per heavy atom. The van der Waals surface area contributed by atoms with Crippen LogP contribution < -0.4 is 10.2 Å². The molecule has 0 bridgehead atoms. The van der Waals surface area contributed by atoms with Gasteiger partial charge in [0.25, 0.3) is 0 Å². The van der Waals surface area contributed by atoms with Crippen molar-refractivity contribution in [2.75, 3.05) is 17.3 Å². The predicted molar refractivity (Wildman–Crippen MR) is 109 cm³/mol. The summed E-state index contributed by atoms with van der Waals surface area (Å²) in [6, 6.07) is 19.6. The molecule has 0 aromatic heterocycles. The summed E-state index contributed by atoms with van der Waals surface area (Å²) < 4.78 is 0. The van der Waals surface area contributed by atoms with E-state index in [1.54, 1.807) is 43.4 Å². The van der Waals surface area contributed by atoms with Gasteiger partial charge >= 0.3 is 0 Å². The van der Waals surface area contributed by atoms with Crippen molar-refractivity contribution in [3.05, 3.63) is 89.0 Å². The van der Waals surface area contributed by atoms with Gasteiger partial charge in [-0.2, -0.15) is 0 Å². The number of ketones is 2. The molecule has 28 heavy (non-hydrogen) atoms. The van der Waals surface area contributed by atoms with Crippen LogP contribution in [0.2, 0.25) is 0 Å². The first-order chi connectivity index (χ1) is 13.5. The average Bonchev–Trinajstić information content (AvgIpc) is 2.72. The first kappa shape index (κ1) is 17.7. The Morgan fingerprint density at radius 3 is 1.96 bits per heavy atom. The molecule has 0 atom stereocenters. The van der Waals surface area contributed by atoms with Gasteiger partial charge < -0.3 is 10.2 Å². The number of carbonyl (C=O) groups excluding carboxylic acids is 3. The van der Waals surface area contributed by atoms with Gasteiger partial charge in [-0.25, -0.2) is 0 Å². The highest BCUT2D eigenvalue weighted by Gasteiger charge is 2.35. The number of anilines is 3. The lowest BCUT2D eigenvalue weighted by molar-refractivity contribution is -0.116. The quantitative estimate of drug-likeness (QED) is 0.587. The molecule has 1 aliphatic carbocycles. The molecule has 0 radical (unpaired) electrons. The molecular weight excluding hydrogens is 352 g/mol. The molecule has 1 N–H and O–H groups in total. The molecule has 0 saturated carbocycles. The van der Waals surface area contributed by atoms with Gasteiger partial charge in [0, 0.05) is 30.8 Å². The van der Waals surface area contributed by atoms with Gasteiger partial charge in [-0.1, -0.05) is 42.5 Å². The molecule has 0 spiro atoms. The number of nitrogens with zero attached hydrogens (tertiary/aromatic N) is 1. The maximum Gasteiger partial charge on any atom is 0.223 e. The molecule has 0 heterocycles. The van der Waals surface area contributed by atoms with Crippen LogP contribution in [0.1, 0.15) is 38.8 Å². The van der Waals surface area contributed by atoms with Crippen LogP contribution in [0, 0.1) is 0 Å². The highest BCUT2D eigenvalue weighted by Crippen LogP contribution is 2.38. The molecule has 0 fully saturated rings. The van der Waals surface area contributed by atoms with Crippen molar-refractivity contribution in [2.45, 2.75) is 6.92 Å². The lowest BCUT2D eigenvalue weighted by atomic mass is 9.82. The van der Waals surface area contributed by atoms with Crippen LogP contribution in [0.25, 0.3) is 0 Å². The Balaban J connectivity index is 1.96. The molecular formula is C23H18N2O3. The Hall–Kier alpha value is -3.73. The van der Waals surface area contributed by atoms with Crippen molar-refractivity contribution in [1.82, 2.24) is 0 Å². The van der Waals surface area contributed by atoms with E-state index >= 15 is 0 Å². The van der Waals surface area contributed by atoms with Crippen LogP contribution in [0.15, 0.2) is 66.7 Å². The van der Waals surface area contributed by atoms with E-state index in [2.05, 4.69) is 5.32 Å². The molecule has 4 rings (SSSR count). The van der Waals surface area contributed by atoms with E-state index in [0.29, 0.717) is 22.5 Å². The van der Waals surface area contributed by atoms with Crippen LogP contribution in [0.5, 0.6) is 0 Å². The minimum atomic E-state index is -0.259. The lowest BCUT2D eigenvalue weighted by Gasteiger charge is -2.26. The highest BCUT2D eigenvalue weighted by molar-refractivity contribution is 6.32. The fourth-order valence-corrected chi connectivity index (χ4v) is 3.44. The van der Waals surface area contributed by atoms with Crippen LogP contribution >= 0.6 is 0 Å². The van der Waals surface area contributed by atoms with Crippen LogP contribution in [-0.2, 0) is 4.79 Å². The second-order valence-corrected chi connectivity index (χ2v) is 6.66. The van der Waals surface area contributed by atoms with E-state index in [9.17, 15) is 14.4 Å². The Bertz CT molecular complexity index is 1120. The zero-order valence-electron chi connectivity index (χ0n) is 15.5. The van der Waals surface area contributed by atoms with E-state index < -0.39 is 0 Å². The van der Waals surface area contributed by atoms with Gasteiger partial charge in [-0.3, -0.25) is 14.4 Å². The van der Waals surface area contributed by atoms with E-state index in [1.807, 2.05) is 30.3 Å². The number of para-hydroxylation sites is 1. The van der Waals surface area contributed by atoms with E-state index in [4.69, 9.17) is 0 Å². The monoisotopic (exact) mass is 370 g/mol. The molecule has 0 saturated heterocycles. The molecule has 5 nitrogen and oxygen atoms in total. The molecule has 0 unspecified atom stereocenters. The topological polar surface area (TPSA) is 66.5 Å². The SMILES string of the molecule is CC(=O)N(C)c1ccc(Nc2ccccc2)c2c1C(=O)c1ccccc1C2=O. The van der Waals surface area contributed by atoms with Crippen LogP contribution in [-0.4, -0.2) is 24.5 Å². The van der Waals surface area contributed by atoms with Crippen molar-refractivity contribution in [3.8, 4) is 0 Å². The summed E-state index contributed by atoms with van der Waals surface area (Å²) in [5.74, 6) is -0.711. The molecule has 0 aliphatic heterocycles. The summed E-state index contributed by atoms with van der Waals surface area (Å²) in [4.78, 5) is 39.9. The van der Waals surface area contributed by atoms with Gasteiger partial charge in [-0.05, 0) is 24.3 Å². The highest BCUT2D eigenvalue weighted by atomic mass is 16.2. The second-order valence-electron chi connectivity index (χ2n) is 6.66. The molecule has 5 heteroatoms. The number of fused-ring (bicyclic) bond motifs is 2. The number of benzene rings is 3. The van der Waals surface area contributed by atoms with Crippen molar-refractivity contribution in [3.63, 3.8) is 0 Å². The maximum atomic E-state index is 13.3.